The number of carbonyl (C=O) groups is 4. The van der Waals surface area contributed by atoms with Crippen molar-refractivity contribution in [2.75, 3.05) is 19.6 Å². The van der Waals surface area contributed by atoms with Crippen molar-refractivity contribution >= 4 is 57.7 Å². The highest BCUT2D eigenvalue weighted by molar-refractivity contribution is 8.02. The average Bonchev–Trinajstić information content (AvgIpc) is 3.20. The molecule has 0 saturated carbocycles. The third-order valence-electron chi connectivity index (χ3n) is 4.86. The zero-order valence-corrected chi connectivity index (χ0v) is 20.8. The summed E-state index contributed by atoms with van der Waals surface area (Å²) in [5, 5.41) is 9.29. The van der Waals surface area contributed by atoms with Crippen LogP contribution in [0.15, 0.2) is 21.5 Å². The molecule has 1 saturated heterocycles. The molecular weight excluding hydrogens is 486 g/mol. The topological polar surface area (TPSA) is 163 Å². The maximum absolute atomic E-state index is 12.9. The Kier molecular flexibility index (Phi) is 7.51. The zero-order chi connectivity index (χ0) is 25.2. The van der Waals surface area contributed by atoms with Crippen molar-refractivity contribution in [3.8, 4) is 0 Å². The number of nitrogens with one attached hydrogen (secondary N) is 1. The number of carbonyl (C=O) groups excluding carboxylic acids is 4. The molecule has 34 heavy (non-hydrogen) atoms. The number of nitrogens with zero attached hydrogens (tertiary/aromatic N) is 3. The number of thiazole rings is 1. The quantitative estimate of drug-likeness (QED) is 0.176. The van der Waals surface area contributed by atoms with Gasteiger partial charge in [0.25, 0.3) is 5.91 Å². The molecular formula is C20H25N5O7S2. The number of hydrogen-bond acceptors (Lipinski definition) is 12. The summed E-state index contributed by atoms with van der Waals surface area (Å²) in [4.78, 5) is 60.3. The number of aromatic nitrogens is 1. The Morgan fingerprint density at radius 2 is 2.00 bits per heavy atom. The number of oxime groups is 1. The molecule has 3 heterocycles. The summed E-state index contributed by atoms with van der Waals surface area (Å²) in [6.07, 6.45) is 0. The van der Waals surface area contributed by atoms with Gasteiger partial charge in [0, 0.05) is 5.38 Å². The molecule has 3 rings (SSSR count). The van der Waals surface area contributed by atoms with Gasteiger partial charge in [0.2, 0.25) is 12.7 Å². The molecule has 1 aromatic heterocycles. The van der Waals surface area contributed by atoms with E-state index < -0.39 is 53.4 Å². The van der Waals surface area contributed by atoms with Crippen LogP contribution in [-0.4, -0.2) is 70.7 Å². The van der Waals surface area contributed by atoms with Crippen LogP contribution in [0.2, 0.25) is 0 Å². The zero-order valence-electron chi connectivity index (χ0n) is 19.2. The fourth-order valence-electron chi connectivity index (χ4n) is 3.14. The highest BCUT2D eigenvalue weighted by Gasteiger charge is 2.55. The van der Waals surface area contributed by atoms with Gasteiger partial charge >= 0.3 is 11.9 Å². The number of ether oxygens (including phenoxy) is 2. The Bertz CT molecular complexity index is 1060. The van der Waals surface area contributed by atoms with Gasteiger partial charge in [-0.2, -0.15) is 0 Å². The van der Waals surface area contributed by atoms with E-state index in [-0.39, 0.29) is 16.5 Å². The molecule has 0 aliphatic carbocycles. The first-order valence-electron chi connectivity index (χ1n) is 10.1. The van der Waals surface area contributed by atoms with Crippen LogP contribution >= 0.6 is 23.1 Å². The highest BCUT2D eigenvalue weighted by atomic mass is 32.2. The van der Waals surface area contributed by atoms with E-state index in [1.807, 2.05) is 0 Å². The first-order chi connectivity index (χ1) is 16.0. The molecule has 3 atom stereocenters. The van der Waals surface area contributed by atoms with Crippen LogP contribution in [0.1, 0.15) is 33.4 Å². The monoisotopic (exact) mass is 511 g/mol. The summed E-state index contributed by atoms with van der Waals surface area (Å²) in [5.41, 5.74) is 5.55. The van der Waals surface area contributed by atoms with Gasteiger partial charge in [0.15, 0.2) is 16.9 Å². The summed E-state index contributed by atoms with van der Waals surface area (Å²) >= 11 is 2.41. The summed E-state index contributed by atoms with van der Waals surface area (Å²) < 4.78 is 10.1. The van der Waals surface area contributed by atoms with E-state index in [2.05, 4.69) is 15.5 Å². The fourth-order valence-corrected chi connectivity index (χ4v) is 4.87. The molecule has 1 fully saturated rings. The molecule has 14 heteroatoms. The average molecular weight is 512 g/mol. The van der Waals surface area contributed by atoms with Crippen LogP contribution in [0.3, 0.4) is 0 Å². The van der Waals surface area contributed by atoms with E-state index in [9.17, 15) is 19.2 Å². The summed E-state index contributed by atoms with van der Waals surface area (Å²) in [6.45, 7) is 6.14. The van der Waals surface area contributed by atoms with E-state index in [0.29, 0.717) is 5.57 Å². The minimum absolute atomic E-state index is 0.133. The molecule has 1 aromatic rings. The second-order valence-electron chi connectivity index (χ2n) is 8.44. The van der Waals surface area contributed by atoms with Crippen molar-refractivity contribution in [2.45, 2.75) is 45.2 Å². The van der Waals surface area contributed by atoms with E-state index in [1.54, 1.807) is 38.5 Å². The van der Waals surface area contributed by atoms with Crippen LogP contribution < -0.4 is 11.1 Å². The normalized spacial score (nSPS) is 22.2. The predicted molar refractivity (Wildman–Crippen MR) is 124 cm³/mol. The van der Waals surface area contributed by atoms with E-state index >= 15 is 0 Å². The smallest absolute Gasteiger partial charge is 0.336 e. The minimum atomic E-state index is -0.995. The molecule has 0 bridgehead atoms. The lowest BCUT2D eigenvalue weighted by atomic mass is 9.98. The summed E-state index contributed by atoms with van der Waals surface area (Å²) in [7, 11) is 1.28. The van der Waals surface area contributed by atoms with Crippen molar-refractivity contribution in [1.82, 2.24) is 15.2 Å². The number of nitrogen functional groups attached to an aromatic ring is 1. The number of amides is 2. The molecule has 0 spiro atoms. The number of hydrogen-bond donors (Lipinski definition) is 2. The van der Waals surface area contributed by atoms with Crippen LogP contribution in [0.4, 0.5) is 5.13 Å². The molecule has 2 aliphatic rings. The largest absolute Gasteiger partial charge is 0.427 e. The van der Waals surface area contributed by atoms with E-state index in [1.165, 1.54) is 23.8 Å². The lowest BCUT2D eigenvalue weighted by molar-refractivity contribution is -0.179. The standard InChI is InChI=1S/C20H25N5O7S2/c1-9-6-33-16-12(23-14(26)11(24-30-5)10-7-34-19(21)22-10)15(27)25(16)13(9)17(28)31-8-32-18(29)20(2,3)4/h6-7,12-13,16H,8H2,1-5H3,(H2,21,22)(H,23,26)/b24-11+/t12-,13-,16-/m1/s1. The van der Waals surface area contributed by atoms with Gasteiger partial charge in [-0.25, -0.2) is 9.78 Å². The summed E-state index contributed by atoms with van der Waals surface area (Å²) in [5.74, 6) is -2.41. The first kappa shape index (κ1) is 25.5. The van der Waals surface area contributed by atoms with Gasteiger partial charge in [-0.3, -0.25) is 14.4 Å². The van der Waals surface area contributed by atoms with Gasteiger partial charge in [-0.1, -0.05) is 5.16 Å². The summed E-state index contributed by atoms with van der Waals surface area (Å²) in [6, 6.07) is -1.90. The van der Waals surface area contributed by atoms with Gasteiger partial charge in [-0.05, 0) is 38.7 Å². The van der Waals surface area contributed by atoms with Gasteiger partial charge < -0.3 is 30.3 Å². The van der Waals surface area contributed by atoms with Crippen molar-refractivity contribution in [3.63, 3.8) is 0 Å². The Balaban J connectivity index is 1.66. The third-order valence-corrected chi connectivity index (χ3v) is 6.82. The number of esters is 2. The van der Waals surface area contributed by atoms with Gasteiger partial charge in [0.1, 0.15) is 24.2 Å². The van der Waals surface area contributed by atoms with E-state index in [0.717, 1.165) is 11.3 Å². The third kappa shape index (κ3) is 5.17. The molecule has 0 aromatic carbocycles. The SMILES string of the molecule is CO/N=C(/C(=O)N[C@@H]1C(=O)N2[C@@H](C(=O)OCOC(=O)C(C)(C)C)C(C)=CS[C@H]12)c1csc(N)n1. The fraction of sp³-hybridized carbons (Fsp3) is 0.500. The van der Waals surface area contributed by atoms with Crippen LogP contribution in [0, 0.1) is 5.41 Å². The Morgan fingerprint density at radius 3 is 2.59 bits per heavy atom. The number of fused-ring (bicyclic) bond motifs is 1. The van der Waals surface area contributed by atoms with Gasteiger partial charge in [0.05, 0.1) is 5.41 Å². The molecule has 184 valence electrons. The van der Waals surface area contributed by atoms with E-state index in [4.69, 9.17) is 20.0 Å². The van der Waals surface area contributed by atoms with Crippen LogP contribution in [0.5, 0.6) is 0 Å². The molecule has 12 nitrogen and oxygen atoms in total. The maximum atomic E-state index is 12.9. The van der Waals surface area contributed by atoms with Crippen molar-refractivity contribution in [1.29, 1.82) is 0 Å². The molecule has 0 unspecified atom stereocenters. The van der Waals surface area contributed by atoms with Gasteiger partial charge in [-0.15, -0.1) is 23.1 Å². The Labute approximate surface area is 203 Å². The predicted octanol–water partition coefficient (Wildman–Crippen LogP) is 0.838. The number of nitrogens with two attached hydrogens (primary N) is 1. The number of β-lactam (4-membered cyclic amide) rings is 1. The Morgan fingerprint density at radius 1 is 1.29 bits per heavy atom. The lowest BCUT2D eigenvalue weighted by Crippen LogP contribution is -2.74. The minimum Gasteiger partial charge on any atom is -0.427 e. The Hall–Kier alpha value is -3.13. The number of rotatable bonds is 7. The second-order valence-corrected chi connectivity index (χ2v) is 10.3. The van der Waals surface area contributed by atoms with Crippen molar-refractivity contribution < 1.29 is 33.5 Å². The first-order valence-corrected chi connectivity index (χ1v) is 11.9. The highest BCUT2D eigenvalue weighted by Crippen LogP contribution is 2.40. The van der Waals surface area contributed by atoms with Crippen molar-refractivity contribution in [2.24, 2.45) is 10.6 Å². The molecule has 0 radical (unpaired) electrons. The second kappa shape index (κ2) is 10.0. The number of anilines is 1. The van der Waals surface area contributed by atoms with Crippen LogP contribution in [-0.2, 0) is 33.5 Å². The molecule has 2 aliphatic heterocycles. The molecule has 2 amide bonds. The van der Waals surface area contributed by atoms with Crippen molar-refractivity contribution in [3.05, 3.63) is 22.1 Å². The molecule has 3 N–H and O–H groups in total. The van der Waals surface area contributed by atoms with Crippen LogP contribution in [0.25, 0.3) is 0 Å². The number of thioether (sulfide) groups is 1. The lowest BCUT2D eigenvalue weighted by Gasteiger charge is -2.51. The maximum Gasteiger partial charge on any atom is 0.336 e.